The summed E-state index contributed by atoms with van der Waals surface area (Å²) in [7, 11) is 1.26. The molecule has 0 unspecified atom stereocenters. The quantitative estimate of drug-likeness (QED) is 0.753. The Morgan fingerprint density at radius 1 is 1.14 bits per heavy atom. The highest BCUT2D eigenvalue weighted by Gasteiger charge is 2.16. The third-order valence-electron chi connectivity index (χ3n) is 3.56. The Balaban J connectivity index is 2.04. The van der Waals surface area contributed by atoms with Gasteiger partial charge >= 0.3 is 5.97 Å². The van der Waals surface area contributed by atoms with E-state index in [9.17, 15) is 9.90 Å². The molecule has 0 saturated carbocycles. The first-order chi connectivity index (χ1) is 10.7. The summed E-state index contributed by atoms with van der Waals surface area (Å²) in [6, 6.07) is 15.8. The van der Waals surface area contributed by atoms with Crippen LogP contribution in [0.4, 0.5) is 0 Å². The van der Waals surface area contributed by atoms with Crippen LogP contribution < -0.4 is 0 Å². The average Bonchev–Trinajstić information content (AvgIpc) is 2.56. The fourth-order valence-electron chi connectivity index (χ4n) is 2.43. The zero-order chi connectivity index (χ0) is 15.5. The first-order valence-electron chi connectivity index (χ1n) is 6.92. The molecule has 3 aromatic rings. The van der Waals surface area contributed by atoms with Crippen molar-refractivity contribution in [3.05, 3.63) is 71.5 Å². The van der Waals surface area contributed by atoms with E-state index < -0.39 is 5.97 Å². The van der Waals surface area contributed by atoms with Crippen LogP contribution >= 0.6 is 0 Å². The molecule has 0 bridgehead atoms. The zero-order valence-corrected chi connectivity index (χ0v) is 12.1. The Bertz CT molecular complexity index is 828. The van der Waals surface area contributed by atoms with Crippen LogP contribution in [0.5, 0.6) is 5.75 Å². The molecule has 0 radical (unpaired) electrons. The van der Waals surface area contributed by atoms with Crippen molar-refractivity contribution in [2.45, 2.75) is 6.42 Å². The Labute approximate surface area is 128 Å². The molecule has 1 N–H and O–H groups in total. The predicted octanol–water partition coefficient (Wildman–Crippen LogP) is 3.32. The van der Waals surface area contributed by atoms with Crippen molar-refractivity contribution in [3.63, 3.8) is 0 Å². The number of esters is 1. The van der Waals surface area contributed by atoms with E-state index in [0.29, 0.717) is 5.39 Å². The summed E-state index contributed by atoms with van der Waals surface area (Å²) in [5, 5.41) is 11.7. The molecule has 0 aliphatic rings. The van der Waals surface area contributed by atoms with Crippen LogP contribution in [0, 0.1) is 0 Å². The minimum Gasteiger partial charge on any atom is -0.505 e. The first-order valence-corrected chi connectivity index (χ1v) is 6.92. The summed E-state index contributed by atoms with van der Waals surface area (Å²) in [6.45, 7) is 0. The number of hydrogen-bond donors (Lipinski definition) is 1. The minimum absolute atomic E-state index is 0.0631. The third-order valence-corrected chi connectivity index (χ3v) is 3.56. The number of carbonyl (C=O) groups excluding carboxylic acids is 1. The van der Waals surface area contributed by atoms with Gasteiger partial charge in [0.15, 0.2) is 11.4 Å². The highest BCUT2D eigenvalue weighted by molar-refractivity contribution is 5.99. The Morgan fingerprint density at radius 2 is 1.91 bits per heavy atom. The minimum atomic E-state index is -0.645. The van der Waals surface area contributed by atoms with E-state index in [2.05, 4.69) is 21.9 Å². The van der Waals surface area contributed by atoms with Crippen LogP contribution in [0.25, 0.3) is 10.8 Å². The SMILES string of the molecule is COC(=O)c1ncc2ccc(Cc3ccccc3)cc2c1O. The van der Waals surface area contributed by atoms with Gasteiger partial charge in [-0.2, -0.15) is 0 Å². The van der Waals surface area contributed by atoms with Gasteiger partial charge in [-0.25, -0.2) is 9.78 Å². The number of fused-ring (bicyclic) bond motifs is 1. The molecule has 0 aliphatic carbocycles. The molecular formula is C18H15NO3. The van der Waals surface area contributed by atoms with Gasteiger partial charge in [-0.05, 0) is 23.6 Å². The van der Waals surface area contributed by atoms with E-state index >= 15 is 0 Å². The maximum absolute atomic E-state index is 11.6. The molecule has 3 rings (SSSR count). The number of pyridine rings is 1. The number of aromatic hydroxyl groups is 1. The molecule has 1 heterocycles. The maximum Gasteiger partial charge on any atom is 0.360 e. The number of aromatic nitrogens is 1. The highest BCUT2D eigenvalue weighted by atomic mass is 16.5. The third kappa shape index (κ3) is 2.63. The second-order valence-electron chi connectivity index (χ2n) is 5.03. The van der Waals surface area contributed by atoms with Crippen molar-refractivity contribution < 1.29 is 14.6 Å². The highest BCUT2D eigenvalue weighted by Crippen LogP contribution is 2.29. The number of rotatable bonds is 3. The average molecular weight is 293 g/mol. The van der Waals surface area contributed by atoms with E-state index in [-0.39, 0.29) is 11.4 Å². The van der Waals surface area contributed by atoms with Crippen molar-refractivity contribution in [2.24, 2.45) is 0 Å². The summed E-state index contributed by atoms with van der Waals surface area (Å²) in [5.74, 6) is -0.785. The van der Waals surface area contributed by atoms with Crippen LogP contribution in [0.1, 0.15) is 21.6 Å². The molecule has 0 aliphatic heterocycles. The number of hydrogen-bond acceptors (Lipinski definition) is 4. The van der Waals surface area contributed by atoms with Gasteiger partial charge in [-0.15, -0.1) is 0 Å². The van der Waals surface area contributed by atoms with E-state index in [1.165, 1.54) is 12.7 Å². The van der Waals surface area contributed by atoms with Crippen LogP contribution in [-0.2, 0) is 11.2 Å². The molecule has 0 fully saturated rings. The molecule has 0 amide bonds. The maximum atomic E-state index is 11.6. The molecule has 110 valence electrons. The lowest BCUT2D eigenvalue weighted by Crippen LogP contribution is -2.04. The van der Waals surface area contributed by atoms with E-state index in [4.69, 9.17) is 0 Å². The van der Waals surface area contributed by atoms with Gasteiger partial charge < -0.3 is 9.84 Å². The lowest BCUT2D eigenvalue weighted by molar-refractivity contribution is 0.0591. The summed E-state index contributed by atoms with van der Waals surface area (Å²) in [6.07, 6.45) is 2.32. The van der Waals surface area contributed by atoms with Crippen molar-refractivity contribution in [3.8, 4) is 5.75 Å². The van der Waals surface area contributed by atoms with Crippen LogP contribution in [-0.4, -0.2) is 23.2 Å². The number of carbonyl (C=O) groups is 1. The topological polar surface area (TPSA) is 59.4 Å². The largest absolute Gasteiger partial charge is 0.505 e. The van der Waals surface area contributed by atoms with E-state index in [1.54, 1.807) is 6.20 Å². The number of nitrogens with zero attached hydrogens (tertiary/aromatic N) is 1. The smallest absolute Gasteiger partial charge is 0.360 e. The fourth-order valence-corrected chi connectivity index (χ4v) is 2.43. The number of benzene rings is 2. The van der Waals surface area contributed by atoms with E-state index in [0.717, 1.165) is 17.4 Å². The first kappa shape index (κ1) is 14.1. The van der Waals surface area contributed by atoms with Gasteiger partial charge in [0.1, 0.15) is 0 Å². The Hall–Kier alpha value is -2.88. The number of methoxy groups -OCH3 is 1. The van der Waals surface area contributed by atoms with Crippen LogP contribution in [0.15, 0.2) is 54.7 Å². The second kappa shape index (κ2) is 5.85. The summed E-state index contributed by atoms with van der Waals surface area (Å²) >= 11 is 0. The van der Waals surface area contributed by atoms with Gasteiger partial charge in [-0.1, -0.05) is 42.5 Å². The van der Waals surface area contributed by atoms with Crippen molar-refractivity contribution in [2.75, 3.05) is 7.11 Å². The molecule has 1 aromatic heterocycles. The molecule has 4 nitrogen and oxygen atoms in total. The molecule has 2 aromatic carbocycles. The van der Waals surface area contributed by atoms with Crippen LogP contribution in [0.3, 0.4) is 0 Å². The number of ether oxygens (including phenoxy) is 1. The van der Waals surface area contributed by atoms with Gasteiger partial charge in [-0.3, -0.25) is 0 Å². The van der Waals surface area contributed by atoms with Gasteiger partial charge in [0.05, 0.1) is 7.11 Å². The lowest BCUT2D eigenvalue weighted by atomic mass is 10.0. The molecule has 22 heavy (non-hydrogen) atoms. The standard InChI is InChI=1S/C18H15NO3/c1-22-18(21)16-17(20)15-10-13(7-8-14(15)11-19-16)9-12-5-3-2-4-6-12/h2-8,10-11,20H,9H2,1H3. The molecule has 4 heteroatoms. The Morgan fingerprint density at radius 3 is 2.64 bits per heavy atom. The molecule has 0 spiro atoms. The predicted molar refractivity (Wildman–Crippen MR) is 84.0 cm³/mol. The second-order valence-corrected chi connectivity index (χ2v) is 5.03. The Kier molecular flexibility index (Phi) is 3.74. The molecule has 0 saturated heterocycles. The summed E-state index contributed by atoms with van der Waals surface area (Å²) < 4.78 is 4.63. The summed E-state index contributed by atoms with van der Waals surface area (Å²) in [5.41, 5.74) is 2.17. The lowest BCUT2D eigenvalue weighted by Gasteiger charge is -2.08. The van der Waals surface area contributed by atoms with Gasteiger partial charge in [0.2, 0.25) is 0 Å². The molecular weight excluding hydrogens is 278 g/mol. The molecule has 0 atom stereocenters. The van der Waals surface area contributed by atoms with Crippen LogP contribution in [0.2, 0.25) is 0 Å². The van der Waals surface area contributed by atoms with E-state index in [1.807, 2.05) is 36.4 Å². The zero-order valence-electron chi connectivity index (χ0n) is 12.1. The fraction of sp³-hybridized carbons (Fsp3) is 0.111. The van der Waals surface area contributed by atoms with Crippen molar-refractivity contribution in [1.29, 1.82) is 0 Å². The normalized spacial score (nSPS) is 10.6. The summed E-state index contributed by atoms with van der Waals surface area (Å²) in [4.78, 5) is 15.6. The van der Waals surface area contributed by atoms with Gasteiger partial charge in [0.25, 0.3) is 0 Å². The van der Waals surface area contributed by atoms with Crippen molar-refractivity contribution >= 4 is 16.7 Å². The monoisotopic (exact) mass is 293 g/mol. The van der Waals surface area contributed by atoms with Gasteiger partial charge in [0, 0.05) is 17.0 Å². The van der Waals surface area contributed by atoms with Crippen molar-refractivity contribution in [1.82, 2.24) is 4.98 Å².